The van der Waals surface area contributed by atoms with Gasteiger partial charge in [-0.05, 0) is 29.3 Å². The van der Waals surface area contributed by atoms with E-state index < -0.39 is 5.41 Å². The van der Waals surface area contributed by atoms with Gasteiger partial charge in [0.25, 0.3) is 0 Å². The van der Waals surface area contributed by atoms with Gasteiger partial charge in [-0.3, -0.25) is 4.79 Å². The fraction of sp³-hybridized carbons (Fsp3) is 0.500. The SMILES string of the molecule is CC1(C(N)=O)CCN(c2nccnc2Br)C1. The minimum absolute atomic E-state index is 0.255. The predicted octanol–water partition coefficient (Wildman–Crippen LogP) is 0.941. The van der Waals surface area contributed by atoms with Gasteiger partial charge in [0.15, 0.2) is 5.82 Å². The first-order valence-electron chi connectivity index (χ1n) is 5.04. The van der Waals surface area contributed by atoms with Gasteiger partial charge in [-0.25, -0.2) is 9.97 Å². The van der Waals surface area contributed by atoms with Gasteiger partial charge in [0.2, 0.25) is 5.91 Å². The Morgan fingerprint density at radius 3 is 2.81 bits per heavy atom. The Bertz CT molecular complexity index is 425. The fourth-order valence-corrected chi connectivity index (χ4v) is 2.34. The van der Waals surface area contributed by atoms with Crippen molar-refractivity contribution < 1.29 is 4.79 Å². The number of nitrogens with zero attached hydrogens (tertiary/aromatic N) is 3. The molecule has 1 unspecified atom stereocenters. The monoisotopic (exact) mass is 284 g/mol. The topological polar surface area (TPSA) is 72.1 Å². The summed E-state index contributed by atoms with van der Waals surface area (Å²) in [5.74, 6) is 0.516. The van der Waals surface area contributed by atoms with Gasteiger partial charge in [-0.2, -0.15) is 0 Å². The average molecular weight is 285 g/mol. The first kappa shape index (κ1) is 11.3. The first-order valence-corrected chi connectivity index (χ1v) is 5.83. The number of primary amides is 1. The van der Waals surface area contributed by atoms with Gasteiger partial charge in [0, 0.05) is 25.5 Å². The summed E-state index contributed by atoms with van der Waals surface area (Å²) in [5, 5.41) is 0. The van der Waals surface area contributed by atoms with Crippen LogP contribution in [0.15, 0.2) is 17.0 Å². The van der Waals surface area contributed by atoms with Crippen LogP contribution in [0.5, 0.6) is 0 Å². The highest BCUT2D eigenvalue weighted by atomic mass is 79.9. The largest absolute Gasteiger partial charge is 0.369 e. The fourth-order valence-electron chi connectivity index (χ4n) is 1.87. The van der Waals surface area contributed by atoms with Crippen LogP contribution in [0.3, 0.4) is 0 Å². The molecule has 1 atom stereocenters. The predicted molar refractivity (Wildman–Crippen MR) is 63.9 cm³/mol. The highest BCUT2D eigenvalue weighted by Crippen LogP contribution is 2.34. The quantitative estimate of drug-likeness (QED) is 0.877. The highest BCUT2D eigenvalue weighted by Gasteiger charge is 2.39. The van der Waals surface area contributed by atoms with Crippen LogP contribution in [-0.4, -0.2) is 29.0 Å². The Balaban J connectivity index is 2.22. The molecule has 1 amide bonds. The summed E-state index contributed by atoms with van der Waals surface area (Å²) in [4.78, 5) is 21.7. The summed E-state index contributed by atoms with van der Waals surface area (Å²) in [6.45, 7) is 3.26. The van der Waals surface area contributed by atoms with E-state index in [0.717, 1.165) is 18.8 Å². The van der Waals surface area contributed by atoms with Crippen LogP contribution in [0.1, 0.15) is 13.3 Å². The third-order valence-corrected chi connectivity index (χ3v) is 3.56. The Hall–Kier alpha value is -1.17. The number of rotatable bonds is 2. The Kier molecular flexibility index (Phi) is 2.84. The third kappa shape index (κ3) is 1.89. The van der Waals surface area contributed by atoms with Crippen molar-refractivity contribution in [1.82, 2.24) is 9.97 Å². The van der Waals surface area contributed by atoms with Crippen molar-refractivity contribution in [1.29, 1.82) is 0 Å². The van der Waals surface area contributed by atoms with E-state index in [1.165, 1.54) is 0 Å². The smallest absolute Gasteiger partial charge is 0.225 e. The molecule has 0 bridgehead atoms. The van der Waals surface area contributed by atoms with Gasteiger partial charge in [0.1, 0.15) is 4.60 Å². The maximum atomic E-state index is 11.3. The van der Waals surface area contributed by atoms with Crippen molar-refractivity contribution in [2.24, 2.45) is 11.1 Å². The maximum absolute atomic E-state index is 11.3. The molecule has 86 valence electrons. The zero-order valence-corrected chi connectivity index (χ0v) is 10.6. The van der Waals surface area contributed by atoms with E-state index >= 15 is 0 Å². The molecule has 6 heteroatoms. The number of carbonyl (C=O) groups excluding carboxylic acids is 1. The van der Waals surface area contributed by atoms with E-state index in [4.69, 9.17) is 5.73 Å². The average Bonchev–Trinajstić information content (AvgIpc) is 2.63. The lowest BCUT2D eigenvalue weighted by Crippen LogP contribution is -2.37. The highest BCUT2D eigenvalue weighted by molar-refractivity contribution is 9.10. The van der Waals surface area contributed by atoms with Crippen LogP contribution >= 0.6 is 15.9 Å². The molecule has 1 saturated heterocycles. The van der Waals surface area contributed by atoms with Crippen molar-refractivity contribution in [3.8, 4) is 0 Å². The molecular formula is C10H13BrN4O. The van der Waals surface area contributed by atoms with Crippen LogP contribution in [-0.2, 0) is 4.79 Å². The van der Waals surface area contributed by atoms with Crippen LogP contribution in [0.25, 0.3) is 0 Å². The van der Waals surface area contributed by atoms with Gasteiger partial charge < -0.3 is 10.6 Å². The minimum Gasteiger partial charge on any atom is -0.369 e. The number of nitrogens with two attached hydrogens (primary N) is 1. The molecule has 16 heavy (non-hydrogen) atoms. The number of amides is 1. The molecule has 0 aliphatic carbocycles. The third-order valence-electron chi connectivity index (χ3n) is 3.00. The molecule has 1 aliphatic heterocycles. The van der Waals surface area contributed by atoms with Crippen LogP contribution in [0.2, 0.25) is 0 Å². The van der Waals surface area contributed by atoms with Gasteiger partial charge in [-0.15, -0.1) is 0 Å². The van der Waals surface area contributed by atoms with Crippen molar-refractivity contribution in [3.05, 3.63) is 17.0 Å². The van der Waals surface area contributed by atoms with E-state index in [1.807, 2.05) is 11.8 Å². The van der Waals surface area contributed by atoms with E-state index in [1.54, 1.807) is 12.4 Å². The Morgan fingerprint density at radius 1 is 1.56 bits per heavy atom. The van der Waals surface area contributed by atoms with Crippen LogP contribution in [0.4, 0.5) is 5.82 Å². The molecule has 1 fully saturated rings. The number of hydrogen-bond donors (Lipinski definition) is 1. The molecule has 0 radical (unpaired) electrons. The van der Waals surface area contributed by atoms with Crippen molar-refractivity contribution in [3.63, 3.8) is 0 Å². The summed E-state index contributed by atoms with van der Waals surface area (Å²) in [7, 11) is 0. The van der Waals surface area contributed by atoms with E-state index in [0.29, 0.717) is 11.1 Å². The lowest BCUT2D eigenvalue weighted by molar-refractivity contribution is -0.125. The number of halogens is 1. The number of hydrogen-bond acceptors (Lipinski definition) is 4. The summed E-state index contributed by atoms with van der Waals surface area (Å²) < 4.78 is 0.698. The van der Waals surface area contributed by atoms with Crippen LogP contribution in [0, 0.1) is 5.41 Å². The number of aromatic nitrogens is 2. The summed E-state index contributed by atoms with van der Waals surface area (Å²) >= 11 is 3.35. The second-order valence-electron chi connectivity index (χ2n) is 4.27. The van der Waals surface area contributed by atoms with Crippen LogP contribution < -0.4 is 10.6 Å². The number of carbonyl (C=O) groups is 1. The van der Waals surface area contributed by atoms with E-state index in [-0.39, 0.29) is 5.91 Å². The zero-order chi connectivity index (χ0) is 11.8. The van der Waals surface area contributed by atoms with E-state index in [2.05, 4.69) is 25.9 Å². The maximum Gasteiger partial charge on any atom is 0.225 e. The normalized spacial score (nSPS) is 24.8. The summed E-state index contributed by atoms with van der Waals surface area (Å²) in [5.41, 5.74) is 4.94. The van der Waals surface area contributed by atoms with Crippen molar-refractivity contribution >= 4 is 27.7 Å². The number of anilines is 1. The molecule has 1 aromatic rings. The molecule has 5 nitrogen and oxygen atoms in total. The second-order valence-corrected chi connectivity index (χ2v) is 5.02. The minimum atomic E-state index is -0.461. The molecule has 1 aromatic heterocycles. The first-order chi connectivity index (χ1) is 7.53. The lowest BCUT2D eigenvalue weighted by atomic mass is 9.89. The second kappa shape index (κ2) is 4.01. The summed E-state index contributed by atoms with van der Waals surface area (Å²) in [6, 6.07) is 0. The molecule has 0 spiro atoms. The summed E-state index contributed by atoms with van der Waals surface area (Å²) in [6.07, 6.45) is 4.02. The molecule has 0 saturated carbocycles. The Morgan fingerprint density at radius 2 is 2.25 bits per heavy atom. The van der Waals surface area contributed by atoms with Gasteiger partial charge >= 0.3 is 0 Å². The van der Waals surface area contributed by atoms with Crippen molar-refractivity contribution in [2.45, 2.75) is 13.3 Å². The molecule has 2 heterocycles. The molecule has 2 rings (SSSR count). The lowest BCUT2D eigenvalue weighted by Gasteiger charge is -2.21. The standard InChI is InChI=1S/C10H13BrN4O/c1-10(9(12)16)2-5-15(6-10)8-7(11)13-3-4-14-8/h3-4H,2,5-6H2,1H3,(H2,12,16). The Labute approximate surface area is 102 Å². The van der Waals surface area contributed by atoms with Gasteiger partial charge in [0.05, 0.1) is 5.41 Å². The van der Waals surface area contributed by atoms with Gasteiger partial charge in [-0.1, -0.05) is 0 Å². The zero-order valence-electron chi connectivity index (χ0n) is 8.98. The molecule has 1 aliphatic rings. The van der Waals surface area contributed by atoms with Crippen molar-refractivity contribution in [2.75, 3.05) is 18.0 Å². The molecule has 0 aromatic carbocycles. The molecular weight excluding hydrogens is 272 g/mol. The van der Waals surface area contributed by atoms with E-state index in [9.17, 15) is 4.79 Å². The molecule has 2 N–H and O–H groups in total.